The molecule has 2 aromatic carbocycles. The van der Waals surface area contributed by atoms with Crippen molar-refractivity contribution in [2.75, 3.05) is 0 Å². The Hall–Kier alpha value is -3.97. The second-order valence-electron chi connectivity index (χ2n) is 6.52. The molecule has 0 atom stereocenters. The van der Waals surface area contributed by atoms with Crippen molar-refractivity contribution < 1.29 is 0 Å². The van der Waals surface area contributed by atoms with Crippen molar-refractivity contribution in [3.63, 3.8) is 0 Å². The summed E-state index contributed by atoms with van der Waals surface area (Å²) < 4.78 is 5.00. The smallest absolute Gasteiger partial charge is 0.209 e. The van der Waals surface area contributed by atoms with E-state index >= 15 is 0 Å². The lowest BCUT2D eigenvalue weighted by Gasteiger charge is -2.12. The molecule has 30 heavy (non-hydrogen) atoms. The molecule has 146 valence electrons. The van der Waals surface area contributed by atoms with Gasteiger partial charge in [0.2, 0.25) is 5.43 Å². The van der Waals surface area contributed by atoms with Crippen molar-refractivity contribution in [2.24, 2.45) is 0 Å². The van der Waals surface area contributed by atoms with Crippen molar-refractivity contribution in [3.05, 3.63) is 107 Å². The highest BCUT2D eigenvalue weighted by atomic mass is 35.5. The Balaban J connectivity index is 1.59. The minimum atomic E-state index is -0.201. The number of aromatic nitrogens is 6. The molecule has 0 aliphatic rings. The number of para-hydroxylation sites is 1. The Bertz CT molecular complexity index is 1370. The van der Waals surface area contributed by atoms with E-state index in [2.05, 4.69) is 15.3 Å². The van der Waals surface area contributed by atoms with Gasteiger partial charge in [-0.2, -0.15) is 15.3 Å². The lowest BCUT2D eigenvalue weighted by Crippen LogP contribution is -2.15. The van der Waals surface area contributed by atoms with Crippen molar-refractivity contribution >= 4 is 11.6 Å². The van der Waals surface area contributed by atoms with Gasteiger partial charge in [-0.15, -0.1) is 0 Å². The molecule has 3 heterocycles. The molecule has 5 rings (SSSR count). The number of benzene rings is 2. The van der Waals surface area contributed by atoms with E-state index in [0.717, 1.165) is 11.4 Å². The summed E-state index contributed by atoms with van der Waals surface area (Å²) in [6.07, 6.45) is 6.79. The summed E-state index contributed by atoms with van der Waals surface area (Å²) in [4.78, 5) is 12.6. The first-order valence-electron chi connectivity index (χ1n) is 9.20. The van der Waals surface area contributed by atoms with Crippen LogP contribution in [-0.2, 0) is 0 Å². The first-order chi connectivity index (χ1) is 14.7. The average molecular weight is 415 g/mol. The summed E-state index contributed by atoms with van der Waals surface area (Å²) in [5, 5.41) is 13.6. The molecule has 0 aliphatic carbocycles. The fourth-order valence-electron chi connectivity index (χ4n) is 3.22. The summed E-state index contributed by atoms with van der Waals surface area (Å²) in [5.74, 6) is 0. The second kappa shape index (κ2) is 7.46. The third-order valence-corrected chi connectivity index (χ3v) is 4.94. The van der Waals surface area contributed by atoms with E-state index in [1.54, 1.807) is 44.8 Å². The van der Waals surface area contributed by atoms with Crippen LogP contribution in [0.4, 0.5) is 0 Å². The van der Waals surface area contributed by atoms with Crippen LogP contribution >= 0.6 is 11.6 Å². The number of hydrogen-bond donors (Lipinski definition) is 0. The normalized spacial score (nSPS) is 11.0. The number of hydrogen-bond acceptors (Lipinski definition) is 4. The zero-order chi connectivity index (χ0) is 20.5. The molecule has 0 spiro atoms. The van der Waals surface area contributed by atoms with Crippen LogP contribution in [0.5, 0.6) is 0 Å². The monoisotopic (exact) mass is 414 g/mol. The standard InChI is InChI=1S/C22H15ClN6O/c23-18-15-17(27-13-4-11-24-27)7-8-19(18)28-14-10-21(30)22(26-28)20-9-12-25-29(20)16-5-2-1-3-6-16/h1-15H. The highest BCUT2D eigenvalue weighted by Crippen LogP contribution is 2.24. The highest BCUT2D eigenvalue weighted by Gasteiger charge is 2.14. The number of rotatable bonds is 4. The summed E-state index contributed by atoms with van der Waals surface area (Å²) in [7, 11) is 0. The fraction of sp³-hybridized carbons (Fsp3) is 0. The maximum Gasteiger partial charge on any atom is 0.209 e. The lowest BCUT2D eigenvalue weighted by atomic mass is 10.2. The molecule has 0 N–H and O–H groups in total. The third kappa shape index (κ3) is 3.21. The third-order valence-electron chi connectivity index (χ3n) is 4.64. The summed E-state index contributed by atoms with van der Waals surface area (Å²) in [6.45, 7) is 0. The van der Waals surface area contributed by atoms with Gasteiger partial charge in [-0.3, -0.25) is 4.79 Å². The van der Waals surface area contributed by atoms with Crippen LogP contribution in [0.15, 0.2) is 96.3 Å². The van der Waals surface area contributed by atoms with E-state index in [4.69, 9.17) is 11.6 Å². The zero-order valence-electron chi connectivity index (χ0n) is 15.6. The zero-order valence-corrected chi connectivity index (χ0v) is 16.4. The van der Waals surface area contributed by atoms with Gasteiger partial charge in [0.25, 0.3) is 0 Å². The van der Waals surface area contributed by atoms with Crippen LogP contribution < -0.4 is 5.43 Å². The first-order valence-corrected chi connectivity index (χ1v) is 9.58. The van der Waals surface area contributed by atoms with Crippen LogP contribution in [0.2, 0.25) is 5.02 Å². The molecular weight excluding hydrogens is 400 g/mol. The van der Waals surface area contributed by atoms with E-state index in [-0.39, 0.29) is 11.1 Å². The van der Waals surface area contributed by atoms with Gasteiger partial charge in [0.1, 0.15) is 0 Å². The quantitative estimate of drug-likeness (QED) is 0.447. The van der Waals surface area contributed by atoms with Gasteiger partial charge in [-0.1, -0.05) is 29.8 Å². The fourth-order valence-corrected chi connectivity index (χ4v) is 3.48. The predicted molar refractivity (Wildman–Crippen MR) is 115 cm³/mol. The van der Waals surface area contributed by atoms with Gasteiger partial charge >= 0.3 is 0 Å². The minimum Gasteiger partial charge on any atom is -0.287 e. The molecular formula is C22H15ClN6O. The van der Waals surface area contributed by atoms with E-state index in [0.29, 0.717) is 16.4 Å². The van der Waals surface area contributed by atoms with Crippen molar-refractivity contribution in [1.29, 1.82) is 0 Å². The number of nitrogens with zero attached hydrogens (tertiary/aromatic N) is 6. The molecule has 0 amide bonds. The van der Waals surface area contributed by atoms with Gasteiger partial charge in [0.05, 0.1) is 34.0 Å². The Labute approximate surface area is 176 Å². The van der Waals surface area contributed by atoms with Crippen LogP contribution in [0.25, 0.3) is 28.5 Å². The van der Waals surface area contributed by atoms with Gasteiger partial charge in [-0.05, 0) is 42.5 Å². The number of halogens is 1. The van der Waals surface area contributed by atoms with Gasteiger partial charge in [0.15, 0.2) is 5.69 Å². The van der Waals surface area contributed by atoms with Crippen molar-refractivity contribution in [1.82, 2.24) is 29.3 Å². The SMILES string of the molecule is O=c1ccn(-c2ccc(-n3cccn3)cc2Cl)nc1-c1ccnn1-c1ccccc1. The Kier molecular flexibility index (Phi) is 4.49. The van der Waals surface area contributed by atoms with Gasteiger partial charge in [0, 0.05) is 24.7 Å². The van der Waals surface area contributed by atoms with Crippen LogP contribution in [0.3, 0.4) is 0 Å². The Morgan fingerprint density at radius 3 is 2.40 bits per heavy atom. The van der Waals surface area contributed by atoms with Gasteiger partial charge in [-0.25, -0.2) is 14.0 Å². The van der Waals surface area contributed by atoms with Crippen LogP contribution in [0, 0.1) is 0 Å². The molecule has 0 aliphatic heterocycles. The molecule has 0 saturated heterocycles. The van der Waals surface area contributed by atoms with E-state index < -0.39 is 0 Å². The molecule has 5 aromatic rings. The molecule has 8 heteroatoms. The molecule has 3 aromatic heterocycles. The topological polar surface area (TPSA) is 70.5 Å². The average Bonchev–Trinajstić information content (AvgIpc) is 3.47. The van der Waals surface area contributed by atoms with Crippen molar-refractivity contribution in [3.8, 4) is 28.5 Å². The molecule has 0 fully saturated rings. The van der Waals surface area contributed by atoms with Crippen LogP contribution in [0.1, 0.15) is 0 Å². The van der Waals surface area contributed by atoms with E-state index in [1.807, 2.05) is 54.7 Å². The second-order valence-corrected chi connectivity index (χ2v) is 6.93. The molecule has 7 nitrogen and oxygen atoms in total. The molecule has 0 bridgehead atoms. The highest BCUT2D eigenvalue weighted by molar-refractivity contribution is 6.32. The predicted octanol–water partition coefficient (Wildman–Crippen LogP) is 3.92. The Morgan fingerprint density at radius 2 is 1.63 bits per heavy atom. The summed E-state index contributed by atoms with van der Waals surface area (Å²) in [5.41, 5.74) is 3.01. The maximum atomic E-state index is 12.6. The van der Waals surface area contributed by atoms with E-state index in [1.165, 1.54) is 6.07 Å². The van der Waals surface area contributed by atoms with E-state index in [9.17, 15) is 4.79 Å². The maximum absolute atomic E-state index is 12.6. The first kappa shape index (κ1) is 18.1. The summed E-state index contributed by atoms with van der Waals surface area (Å²) in [6, 6.07) is 20.2. The van der Waals surface area contributed by atoms with Gasteiger partial charge < -0.3 is 0 Å². The summed E-state index contributed by atoms with van der Waals surface area (Å²) >= 11 is 6.53. The lowest BCUT2D eigenvalue weighted by molar-refractivity contribution is 0.820. The Morgan fingerprint density at radius 1 is 0.767 bits per heavy atom. The molecule has 0 radical (unpaired) electrons. The van der Waals surface area contributed by atoms with Crippen LogP contribution in [-0.4, -0.2) is 29.3 Å². The van der Waals surface area contributed by atoms with Crippen molar-refractivity contribution in [2.45, 2.75) is 0 Å². The minimum absolute atomic E-state index is 0.201. The largest absolute Gasteiger partial charge is 0.287 e. The molecule has 0 unspecified atom stereocenters. The molecule has 0 saturated carbocycles.